The van der Waals surface area contributed by atoms with Crippen LogP contribution in [0.1, 0.15) is 73.8 Å². The number of ether oxygens (including phenoxy) is 2. The number of aliphatic hydroxyl groups is 2. The molecule has 0 radical (unpaired) electrons. The van der Waals surface area contributed by atoms with Gasteiger partial charge in [0.15, 0.2) is 6.10 Å². The van der Waals surface area contributed by atoms with Crippen molar-refractivity contribution in [2.75, 3.05) is 20.3 Å². The van der Waals surface area contributed by atoms with E-state index in [0.717, 1.165) is 53.9 Å². The van der Waals surface area contributed by atoms with Gasteiger partial charge in [-0.25, -0.2) is 4.79 Å². The highest BCUT2D eigenvalue weighted by Crippen LogP contribution is 2.41. The van der Waals surface area contributed by atoms with Gasteiger partial charge in [-0.3, -0.25) is 4.79 Å². The van der Waals surface area contributed by atoms with Crippen LogP contribution >= 0.6 is 0 Å². The average Bonchev–Trinajstić information content (AvgIpc) is 3.18. The van der Waals surface area contributed by atoms with E-state index < -0.39 is 18.2 Å². The Kier molecular flexibility index (Phi) is 6.97. The molecule has 1 aromatic carbocycles. The van der Waals surface area contributed by atoms with Crippen LogP contribution in [0.2, 0.25) is 0 Å². The largest absolute Gasteiger partial charge is 0.496 e. The Morgan fingerprint density at radius 2 is 1.83 bits per heavy atom. The predicted octanol–water partition coefficient (Wildman–Crippen LogP) is 3.25. The second kappa shape index (κ2) is 9.66. The van der Waals surface area contributed by atoms with E-state index in [0.29, 0.717) is 24.3 Å². The predicted molar refractivity (Wildman–Crippen MR) is 131 cm³/mol. The SMILES string of the molecule is CCOC(=O)[C@H](O)[C@@H](O)c1cc2c(cc1OC)CCn1c-2cc2c1C(=O)N(C(C)(C)C)CCCC2. The Labute approximate surface area is 206 Å². The number of carbonyl (C=O) groups is 2. The van der Waals surface area contributed by atoms with Crippen LogP contribution in [0.15, 0.2) is 18.2 Å². The third-order valence-electron chi connectivity index (χ3n) is 6.99. The maximum atomic E-state index is 13.7. The Hall–Kier alpha value is -2.84. The summed E-state index contributed by atoms with van der Waals surface area (Å²) in [4.78, 5) is 27.8. The van der Waals surface area contributed by atoms with Gasteiger partial charge in [-0.15, -0.1) is 0 Å². The van der Waals surface area contributed by atoms with Crippen LogP contribution in [-0.4, -0.2) is 63.5 Å². The van der Waals surface area contributed by atoms with Gasteiger partial charge in [-0.05, 0) is 82.7 Å². The first-order chi connectivity index (χ1) is 16.6. The summed E-state index contributed by atoms with van der Waals surface area (Å²) in [6, 6.07) is 5.70. The van der Waals surface area contributed by atoms with E-state index in [1.54, 1.807) is 13.0 Å². The van der Waals surface area contributed by atoms with Crippen molar-refractivity contribution in [3.63, 3.8) is 0 Å². The Morgan fingerprint density at radius 1 is 1.09 bits per heavy atom. The zero-order valence-corrected chi connectivity index (χ0v) is 21.3. The minimum absolute atomic E-state index is 0.0494. The van der Waals surface area contributed by atoms with Gasteiger partial charge in [0, 0.05) is 35.4 Å². The number of aryl methyl sites for hydroxylation is 2. The molecule has 2 aliphatic rings. The number of rotatable bonds is 5. The van der Waals surface area contributed by atoms with E-state index in [9.17, 15) is 19.8 Å². The van der Waals surface area contributed by atoms with E-state index >= 15 is 0 Å². The van der Waals surface area contributed by atoms with Crippen LogP contribution in [0.25, 0.3) is 11.3 Å². The van der Waals surface area contributed by atoms with Gasteiger partial charge in [0.05, 0.1) is 13.7 Å². The summed E-state index contributed by atoms with van der Waals surface area (Å²) in [5, 5.41) is 21.2. The molecule has 3 heterocycles. The molecular weight excluding hydrogens is 448 g/mol. The van der Waals surface area contributed by atoms with Crippen LogP contribution in [0.4, 0.5) is 0 Å². The lowest BCUT2D eigenvalue weighted by atomic mass is 9.92. The molecule has 1 aromatic heterocycles. The van der Waals surface area contributed by atoms with Crippen molar-refractivity contribution >= 4 is 11.9 Å². The number of benzene rings is 1. The zero-order valence-electron chi connectivity index (χ0n) is 21.3. The third kappa shape index (κ3) is 4.57. The number of nitrogens with zero attached hydrogens (tertiary/aromatic N) is 2. The first kappa shape index (κ1) is 25.3. The molecule has 8 heteroatoms. The fraction of sp³-hybridized carbons (Fsp3) is 0.556. The summed E-state index contributed by atoms with van der Waals surface area (Å²) in [7, 11) is 1.49. The second-order valence-corrected chi connectivity index (χ2v) is 10.3. The number of amides is 1. The first-order valence-corrected chi connectivity index (χ1v) is 12.4. The maximum Gasteiger partial charge on any atom is 0.338 e. The zero-order chi connectivity index (χ0) is 25.5. The number of aliphatic hydroxyl groups excluding tert-OH is 2. The van der Waals surface area contributed by atoms with E-state index in [1.165, 1.54) is 7.11 Å². The summed E-state index contributed by atoms with van der Waals surface area (Å²) in [6.45, 7) is 9.33. The fourth-order valence-corrected chi connectivity index (χ4v) is 5.21. The maximum absolute atomic E-state index is 13.7. The number of hydrogen-bond donors (Lipinski definition) is 2. The summed E-state index contributed by atoms with van der Waals surface area (Å²) in [6.07, 6.45) is 0.236. The molecule has 0 aliphatic carbocycles. The average molecular weight is 485 g/mol. The van der Waals surface area contributed by atoms with E-state index in [2.05, 4.69) is 31.4 Å². The van der Waals surface area contributed by atoms with Gasteiger partial charge < -0.3 is 29.2 Å². The molecule has 2 aliphatic heterocycles. The van der Waals surface area contributed by atoms with Crippen molar-refractivity contribution in [2.24, 2.45) is 0 Å². The Bertz CT molecular complexity index is 1130. The lowest BCUT2D eigenvalue weighted by Crippen LogP contribution is -2.47. The number of carbonyl (C=O) groups excluding carboxylic acids is 2. The molecule has 35 heavy (non-hydrogen) atoms. The fourth-order valence-electron chi connectivity index (χ4n) is 5.21. The monoisotopic (exact) mass is 484 g/mol. The third-order valence-corrected chi connectivity index (χ3v) is 6.99. The van der Waals surface area contributed by atoms with Gasteiger partial charge in [0.2, 0.25) is 0 Å². The normalized spacial score (nSPS) is 17.5. The molecule has 0 saturated carbocycles. The van der Waals surface area contributed by atoms with Crippen LogP contribution in [0.5, 0.6) is 5.75 Å². The summed E-state index contributed by atoms with van der Waals surface area (Å²) in [5.41, 5.74) is 4.60. The molecule has 190 valence electrons. The van der Waals surface area contributed by atoms with E-state index in [1.807, 2.05) is 11.0 Å². The van der Waals surface area contributed by atoms with E-state index in [-0.39, 0.29) is 18.1 Å². The molecule has 0 bridgehead atoms. The lowest BCUT2D eigenvalue weighted by Gasteiger charge is -2.37. The van der Waals surface area contributed by atoms with Crippen molar-refractivity contribution in [3.05, 3.63) is 40.6 Å². The number of aromatic nitrogens is 1. The van der Waals surface area contributed by atoms with Crippen molar-refractivity contribution in [3.8, 4) is 17.0 Å². The number of fused-ring (bicyclic) bond motifs is 5. The van der Waals surface area contributed by atoms with Gasteiger partial charge in [-0.2, -0.15) is 0 Å². The first-order valence-electron chi connectivity index (χ1n) is 12.4. The van der Waals surface area contributed by atoms with Crippen LogP contribution in [0.3, 0.4) is 0 Å². The molecule has 2 aromatic rings. The van der Waals surface area contributed by atoms with Crippen LogP contribution in [0, 0.1) is 0 Å². The summed E-state index contributed by atoms with van der Waals surface area (Å²) < 4.78 is 12.5. The van der Waals surface area contributed by atoms with Crippen molar-refractivity contribution in [1.82, 2.24) is 9.47 Å². The number of hydrogen-bond acceptors (Lipinski definition) is 6. The molecule has 2 N–H and O–H groups in total. The van der Waals surface area contributed by atoms with Gasteiger partial charge in [0.1, 0.15) is 17.5 Å². The quantitative estimate of drug-likeness (QED) is 0.632. The highest BCUT2D eigenvalue weighted by molar-refractivity contribution is 5.96. The molecule has 2 atom stereocenters. The molecule has 8 nitrogen and oxygen atoms in total. The number of esters is 1. The van der Waals surface area contributed by atoms with Crippen molar-refractivity contribution in [2.45, 2.75) is 77.7 Å². The standard InChI is InChI=1S/C27H36N2O6/c1-6-35-26(33)24(31)23(30)19-15-18-16(14-21(19)34-5)10-12-28-20(18)13-17-9-7-8-11-29(27(2,3)4)25(32)22(17)28/h13-15,23-24,30-31H,6-12H2,1-5H3/t23-,24+/m0/s1. The summed E-state index contributed by atoms with van der Waals surface area (Å²) in [5.74, 6) is -0.444. The van der Waals surface area contributed by atoms with E-state index in [4.69, 9.17) is 9.47 Å². The Morgan fingerprint density at radius 3 is 2.49 bits per heavy atom. The molecule has 1 amide bonds. The molecule has 0 saturated heterocycles. The van der Waals surface area contributed by atoms with Gasteiger partial charge >= 0.3 is 5.97 Å². The Balaban J connectivity index is 1.82. The molecule has 0 spiro atoms. The minimum Gasteiger partial charge on any atom is -0.496 e. The van der Waals surface area contributed by atoms with Crippen LogP contribution < -0.4 is 4.74 Å². The second-order valence-electron chi connectivity index (χ2n) is 10.3. The van der Waals surface area contributed by atoms with Crippen molar-refractivity contribution in [1.29, 1.82) is 0 Å². The highest BCUT2D eigenvalue weighted by atomic mass is 16.5. The molecule has 0 fully saturated rings. The van der Waals surface area contributed by atoms with Crippen LogP contribution in [-0.2, 0) is 28.9 Å². The topological polar surface area (TPSA) is 101 Å². The van der Waals surface area contributed by atoms with Gasteiger partial charge in [0.25, 0.3) is 5.91 Å². The summed E-state index contributed by atoms with van der Waals surface area (Å²) >= 11 is 0. The lowest BCUT2D eigenvalue weighted by molar-refractivity contribution is -0.159. The smallest absolute Gasteiger partial charge is 0.338 e. The molecule has 4 rings (SSSR count). The van der Waals surface area contributed by atoms with Crippen molar-refractivity contribution < 1.29 is 29.3 Å². The highest BCUT2D eigenvalue weighted by Gasteiger charge is 2.35. The van der Waals surface area contributed by atoms with Gasteiger partial charge in [-0.1, -0.05) is 0 Å². The molecular formula is C27H36N2O6. The minimum atomic E-state index is -1.74. The number of methoxy groups -OCH3 is 1. The molecule has 0 unspecified atom stereocenters.